The summed E-state index contributed by atoms with van der Waals surface area (Å²) in [6.45, 7) is 0. The number of hydrogen-bond donors (Lipinski definition) is 1. The standard InChI is InChI=1S/C11H9ClN4/c1-16-5-4-9(15-16)11-13-8-3-2-7(12)6-10(8)14-11/h2-6H,1H3,(H,13,14). The molecule has 4 nitrogen and oxygen atoms in total. The zero-order valence-electron chi connectivity index (χ0n) is 8.61. The molecule has 1 N–H and O–H groups in total. The van der Waals surface area contributed by atoms with Gasteiger partial charge in [-0.15, -0.1) is 0 Å². The van der Waals surface area contributed by atoms with Crippen molar-refractivity contribution < 1.29 is 0 Å². The van der Waals surface area contributed by atoms with Crippen molar-refractivity contribution in [2.75, 3.05) is 0 Å². The summed E-state index contributed by atoms with van der Waals surface area (Å²) in [5.74, 6) is 0.762. The lowest BCUT2D eigenvalue weighted by molar-refractivity contribution is 0.769. The molecule has 0 aliphatic carbocycles. The number of nitrogens with zero attached hydrogens (tertiary/aromatic N) is 3. The van der Waals surface area contributed by atoms with Crippen LogP contribution in [0.2, 0.25) is 5.02 Å². The third-order valence-electron chi connectivity index (χ3n) is 2.40. The Morgan fingerprint density at radius 3 is 2.94 bits per heavy atom. The zero-order valence-corrected chi connectivity index (χ0v) is 9.36. The van der Waals surface area contributed by atoms with Gasteiger partial charge in [0.25, 0.3) is 0 Å². The summed E-state index contributed by atoms with van der Waals surface area (Å²) in [6.07, 6.45) is 1.88. The number of hydrogen-bond acceptors (Lipinski definition) is 2. The number of benzene rings is 1. The van der Waals surface area contributed by atoms with E-state index in [4.69, 9.17) is 11.6 Å². The Morgan fingerprint density at radius 1 is 1.31 bits per heavy atom. The smallest absolute Gasteiger partial charge is 0.159 e. The minimum absolute atomic E-state index is 0.698. The average molecular weight is 233 g/mol. The van der Waals surface area contributed by atoms with E-state index in [0.717, 1.165) is 22.6 Å². The number of aryl methyl sites for hydroxylation is 1. The highest BCUT2D eigenvalue weighted by Gasteiger charge is 2.07. The third-order valence-corrected chi connectivity index (χ3v) is 2.64. The van der Waals surface area contributed by atoms with Crippen molar-refractivity contribution in [3.63, 3.8) is 0 Å². The molecule has 0 aliphatic heterocycles. The molecule has 16 heavy (non-hydrogen) atoms. The fourth-order valence-corrected chi connectivity index (χ4v) is 1.82. The van der Waals surface area contributed by atoms with Crippen molar-refractivity contribution in [2.24, 2.45) is 7.05 Å². The van der Waals surface area contributed by atoms with Crippen LogP contribution in [-0.4, -0.2) is 19.7 Å². The second-order valence-corrected chi connectivity index (χ2v) is 4.06. The quantitative estimate of drug-likeness (QED) is 0.701. The highest BCUT2D eigenvalue weighted by Crippen LogP contribution is 2.21. The molecule has 3 rings (SSSR count). The molecule has 0 amide bonds. The molecule has 0 aliphatic rings. The van der Waals surface area contributed by atoms with E-state index in [1.807, 2.05) is 37.5 Å². The molecular weight excluding hydrogens is 224 g/mol. The lowest BCUT2D eigenvalue weighted by atomic mass is 10.3. The summed E-state index contributed by atoms with van der Waals surface area (Å²) in [5.41, 5.74) is 2.65. The minimum Gasteiger partial charge on any atom is -0.337 e. The van der Waals surface area contributed by atoms with E-state index in [9.17, 15) is 0 Å². The molecule has 80 valence electrons. The second-order valence-electron chi connectivity index (χ2n) is 3.62. The molecule has 0 fully saturated rings. The van der Waals surface area contributed by atoms with E-state index < -0.39 is 0 Å². The van der Waals surface area contributed by atoms with Crippen molar-refractivity contribution in [3.05, 3.63) is 35.5 Å². The third kappa shape index (κ3) is 1.47. The van der Waals surface area contributed by atoms with Gasteiger partial charge in [0.1, 0.15) is 5.69 Å². The van der Waals surface area contributed by atoms with Crippen LogP contribution >= 0.6 is 11.6 Å². The molecule has 1 aromatic carbocycles. The average Bonchev–Trinajstić information content (AvgIpc) is 2.83. The summed E-state index contributed by atoms with van der Waals surface area (Å²) in [5, 5.41) is 4.99. The van der Waals surface area contributed by atoms with E-state index in [0.29, 0.717) is 5.02 Å². The number of halogens is 1. The van der Waals surface area contributed by atoms with Crippen LogP contribution in [0.4, 0.5) is 0 Å². The van der Waals surface area contributed by atoms with Gasteiger partial charge in [-0.05, 0) is 24.3 Å². The maximum atomic E-state index is 5.91. The molecule has 5 heteroatoms. The highest BCUT2D eigenvalue weighted by molar-refractivity contribution is 6.31. The van der Waals surface area contributed by atoms with Crippen molar-refractivity contribution in [2.45, 2.75) is 0 Å². The number of aromatic nitrogens is 4. The van der Waals surface area contributed by atoms with Crippen molar-refractivity contribution in [1.29, 1.82) is 0 Å². The molecule has 0 saturated heterocycles. The molecule has 3 aromatic rings. The van der Waals surface area contributed by atoms with E-state index >= 15 is 0 Å². The molecule has 0 spiro atoms. The van der Waals surface area contributed by atoms with Gasteiger partial charge in [-0.1, -0.05) is 11.6 Å². The first-order valence-electron chi connectivity index (χ1n) is 4.88. The van der Waals surface area contributed by atoms with Gasteiger partial charge in [0.2, 0.25) is 0 Å². The number of fused-ring (bicyclic) bond motifs is 1. The SMILES string of the molecule is Cn1ccc(-c2nc3ccc(Cl)cc3[nH]2)n1. The largest absolute Gasteiger partial charge is 0.337 e. The first-order chi connectivity index (χ1) is 7.72. The predicted molar refractivity (Wildman–Crippen MR) is 63.3 cm³/mol. The number of imidazole rings is 1. The Kier molecular flexibility index (Phi) is 1.97. The van der Waals surface area contributed by atoms with Crippen molar-refractivity contribution in [1.82, 2.24) is 19.7 Å². The van der Waals surface area contributed by atoms with Gasteiger partial charge >= 0.3 is 0 Å². The number of rotatable bonds is 1. The van der Waals surface area contributed by atoms with E-state index in [2.05, 4.69) is 15.1 Å². The molecule has 0 atom stereocenters. The van der Waals surface area contributed by atoms with Crippen LogP contribution in [-0.2, 0) is 7.05 Å². The first-order valence-corrected chi connectivity index (χ1v) is 5.25. The van der Waals surface area contributed by atoms with Crippen LogP contribution in [0.25, 0.3) is 22.6 Å². The molecule has 2 heterocycles. The molecular formula is C11H9ClN4. The van der Waals surface area contributed by atoms with Gasteiger partial charge in [-0.3, -0.25) is 4.68 Å². The van der Waals surface area contributed by atoms with Crippen LogP contribution in [0.3, 0.4) is 0 Å². The Hall–Kier alpha value is -1.81. The fourth-order valence-electron chi connectivity index (χ4n) is 1.64. The zero-order chi connectivity index (χ0) is 11.1. The van der Waals surface area contributed by atoms with Crippen LogP contribution in [0.5, 0.6) is 0 Å². The second kappa shape index (κ2) is 3.35. The maximum absolute atomic E-state index is 5.91. The summed E-state index contributed by atoms with van der Waals surface area (Å²) in [4.78, 5) is 7.64. The molecule has 0 radical (unpaired) electrons. The fraction of sp³-hybridized carbons (Fsp3) is 0.0909. The monoisotopic (exact) mass is 232 g/mol. The van der Waals surface area contributed by atoms with Gasteiger partial charge < -0.3 is 4.98 Å². The highest BCUT2D eigenvalue weighted by atomic mass is 35.5. The van der Waals surface area contributed by atoms with E-state index in [1.165, 1.54) is 0 Å². The topological polar surface area (TPSA) is 46.5 Å². The molecule has 0 unspecified atom stereocenters. The van der Waals surface area contributed by atoms with Crippen LogP contribution in [0.1, 0.15) is 0 Å². The minimum atomic E-state index is 0.698. The van der Waals surface area contributed by atoms with Gasteiger partial charge in [-0.25, -0.2) is 4.98 Å². The lowest BCUT2D eigenvalue weighted by Crippen LogP contribution is -1.88. The Morgan fingerprint density at radius 2 is 2.19 bits per heavy atom. The molecule has 2 aromatic heterocycles. The number of nitrogens with one attached hydrogen (secondary N) is 1. The van der Waals surface area contributed by atoms with Crippen LogP contribution < -0.4 is 0 Å². The summed E-state index contributed by atoms with van der Waals surface area (Å²) in [7, 11) is 1.88. The van der Waals surface area contributed by atoms with E-state index in [1.54, 1.807) is 4.68 Å². The van der Waals surface area contributed by atoms with E-state index in [-0.39, 0.29) is 0 Å². The summed E-state index contributed by atoms with van der Waals surface area (Å²) in [6, 6.07) is 7.49. The molecule has 0 bridgehead atoms. The van der Waals surface area contributed by atoms with Gasteiger partial charge in [-0.2, -0.15) is 5.10 Å². The predicted octanol–water partition coefficient (Wildman–Crippen LogP) is 2.62. The normalized spacial score (nSPS) is 11.1. The Labute approximate surface area is 96.9 Å². The maximum Gasteiger partial charge on any atom is 0.159 e. The van der Waals surface area contributed by atoms with Crippen LogP contribution in [0, 0.1) is 0 Å². The number of aromatic amines is 1. The van der Waals surface area contributed by atoms with Crippen molar-refractivity contribution >= 4 is 22.6 Å². The number of H-pyrrole nitrogens is 1. The Bertz CT molecular complexity index is 653. The van der Waals surface area contributed by atoms with Gasteiger partial charge in [0.05, 0.1) is 11.0 Å². The summed E-state index contributed by atoms with van der Waals surface area (Å²) >= 11 is 5.91. The van der Waals surface area contributed by atoms with Crippen molar-refractivity contribution in [3.8, 4) is 11.5 Å². The first kappa shape index (κ1) is 9.42. The van der Waals surface area contributed by atoms with Crippen LogP contribution in [0.15, 0.2) is 30.5 Å². The molecule has 0 saturated carbocycles. The van der Waals surface area contributed by atoms with Gasteiger partial charge in [0.15, 0.2) is 5.82 Å². The Balaban J connectivity index is 2.18. The van der Waals surface area contributed by atoms with Gasteiger partial charge in [0, 0.05) is 18.3 Å². The lowest BCUT2D eigenvalue weighted by Gasteiger charge is -1.88. The summed E-state index contributed by atoms with van der Waals surface area (Å²) < 4.78 is 1.75.